The highest BCUT2D eigenvalue weighted by Crippen LogP contribution is 2.35. The highest BCUT2D eigenvalue weighted by Gasteiger charge is 2.37. The molecule has 2 aliphatic rings. The Morgan fingerprint density at radius 1 is 0.694 bits per heavy atom. The zero-order valence-electron chi connectivity index (χ0n) is 34.9. The third-order valence-corrected chi connectivity index (χ3v) is 11.6. The van der Waals surface area contributed by atoms with E-state index in [1.54, 1.807) is 35.4 Å². The maximum absolute atomic E-state index is 14.1. The van der Waals surface area contributed by atoms with E-state index in [0.29, 0.717) is 37.0 Å². The third kappa shape index (κ3) is 9.23. The molecule has 0 unspecified atom stereocenters. The van der Waals surface area contributed by atoms with Crippen molar-refractivity contribution >= 4 is 24.0 Å². The largest absolute Gasteiger partial charge is 0.453 e. The van der Waals surface area contributed by atoms with E-state index in [9.17, 15) is 19.2 Å². The summed E-state index contributed by atoms with van der Waals surface area (Å²) < 4.78 is 11.5. The van der Waals surface area contributed by atoms with Gasteiger partial charge in [0.05, 0.1) is 62.1 Å². The molecule has 4 atom stereocenters. The lowest BCUT2D eigenvalue weighted by molar-refractivity contribution is -0.135. The highest BCUT2D eigenvalue weighted by atomic mass is 16.5. The number of aromatic nitrogens is 6. The number of hydrogen-bond donors (Lipinski definition) is 4. The van der Waals surface area contributed by atoms with Crippen LogP contribution in [0.1, 0.15) is 67.6 Å². The van der Waals surface area contributed by atoms with Gasteiger partial charge in [0.25, 0.3) is 0 Å². The Labute approximate surface area is 359 Å². The molecule has 2 saturated heterocycles. The summed E-state index contributed by atoms with van der Waals surface area (Å²) in [6.07, 6.45) is 9.26. The van der Waals surface area contributed by atoms with Gasteiger partial charge < -0.3 is 44.4 Å². The number of hydrogen-bond acceptors (Lipinski definition) is 9. The van der Waals surface area contributed by atoms with Crippen LogP contribution in [-0.4, -0.2) is 103 Å². The molecule has 320 valence electrons. The lowest BCUT2D eigenvalue weighted by Gasteiger charge is -2.28. The number of aromatic amines is 2. The zero-order chi connectivity index (χ0) is 43.2. The van der Waals surface area contributed by atoms with Crippen molar-refractivity contribution in [3.63, 3.8) is 0 Å². The molecular weight excluding hydrogens is 789 g/mol. The van der Waals surface area contributed by atoms with E-state index < -0.39 is 24.3 Å². The number of amides is 4. The van der Waals surface area contributed by atoms with Crippen LogP contribution in [0.15, 0.2) is 104 Å². The van der Waals surface area contributed by atoms with Crippen LogP contribution < -0.4 is 10.6 Å². The average Bonchev–Trinajstić information content (AvgIpc) is 4.16. The van der Waals surface area contributed by atoms with Crippen molar-refractivity contribution in [1.82, 2.24) is 49.9 Å². The first-order valence-electron chi connectivity index (χ1n) is 20.8. The Bertz CT molecular complexity index is 2500. The molecule has 0 bridgehead atoms. The van der Waals surface area contributed by atoms with Crippen LogP contribution in [0.25, 0.3) is 33.6 Å². The minimum Gasteiger partial charge on any atom is -0.453 e. The Morgan fingerprint density at radius 2 is 1.21 bits per heavy atom. The predicted molar refractivity (Wildman–Crippen MR) is 230 cm³/mol. The van der Waals surface area contributed by atoms with Crippen molar-refractivity contribution in [2.75, 3.05) is 27.3 Å². The number of ether oxygens (including phenoxy) is 2. The molecule has 2 aliphatic heterocycles. The lowest BCUT2D eigenvalue weighted by Crippen LogP contribution is -2.49. The molecule has 3 aromatic carbocycles. The van der Waals surface area contributed by atoms with Gasteiger partial charge in [0.15, 0.2) is 0 Å². The Hall–Kier alpha value is -7.23. The minimum atomic E-state index is -0.871. The molecule has 3 aromatic heterocycles. The summed E-state index contributed by atoms with van der Waals surface area (Å²) in [4.78, 5) is 75.7. The first-order valence-corrected chi connectivity index (χ1v) is 20.8. The van der Waals surface area contributed by atoms with Gasteiger partial charge >= 0.3 is 12.2 Å². The second-order valence-corrected chi connectivity index (χ2v) is 15.7. The molecule has 16 nitrogen and oxygen atoms in total. The van der Waals surface area contributed by atoms with E-state index in [-0.39, 0.29) is 30.3 Å². The number of alkyl carbamates (subject to hydrolysis) is 2. The van der Waals surface area contributed by atoms with Crippen LogP contribution in [0.4, 0.5) is 9.59 Å². The average molecular weight is 839 g/mol. The van der Waals surface area contributed by atoms with Crippen LogP contribution in [-0.2, 0) is 32.0 Å². The predicted octanol–water partition coefficient (Wildman–Crippen LogP) is 6.42. The van der Waals surface area contributed by atoms with Crippen LogP contribution in [0, 0.1) is 0 Å². The number of methoxy groups -OCH3 is 2. The summed E-state index contributed by atoms with van der Waals surface area (Å²) in [6.45, 7) is 3.42. The highest BCUT2D eigenvalue weighted by molar-refractivity contribution is 5.87. The monoisotopic (exact) mass is 838 g/mol. The number of rotatable bonds is 13. The number of likely N-dealkylation sites (tertiary alicyclic amines) is 2. The third-order valence-electron chi connectivity index (χ3n) is 11.6. The smallest absolute Gasteiger partial charge is 0.407 e. The van der Waals surface area contributed by atoms with Gasteiger partial charge in [-0.1, -0.05) is 78.9 Å². The molecule has 0 spiro atoms. The van der Waals surface area contributed by atoms with Gasteiger partial charge in [-0.3, -0.25) is 9.59 Å². The fourth-order valence-corrected chi connectivity index (χ4v) is 8.37. The van der Waals surface area contributed by atoms with Gasteiger partial charge in [0, 0.05) is 32.3 Å². The molecule has 2 fully saturated rings. The normalized spacial score (nSPS) is 17.1. The zero-order valence-corrected chi connectivity index (χ0v) is 34.9. The summed E-state index contributed by atoms with van der Waals surface area (Å²) >= 11 is 0. The van der Waals surface area contributed by atoms with E-state index in [1.807, 2.05) is 65.4 Å². The molecule has 0 saturated carbocycles. The lowest BCUT2D eigenvalue weighted by atomic mass is 10.0. The standard InChI is InChI=1S/C46H50N10O6/c1-29(50-45(59)61-2)43(57)55-21-7-11-39(55)41-47-24-37(51-41)33-17-13-31(14-18-33)32-15-19-34(20-16-32)38-25-48-42(52-38)40-12-8-22-56(40)44(58)36(53-46(60)62-3)23-35-27-54(28-49-35)26-30-9-5-4-6-10-30/h4-6,9-10,13-20,24-25,27-29,36,39-40H,7-8,11-12,21-23,26H2,1-3H3,(H,47,51)(H,48,52)(H,50,59)(H,53,60)/t29-,36-,39-,40-/m0/s1. The van der Waals surface area contributed by atoms with Crippen molar-refractivity contribution in [2.45, 2.75) is 69.7 Å². The van der Waals surface area contributed by atoms with Crippen molar-refractivity contribution < 1.29 is 28.7 Å². The summed E-state index contributed by atoms with van der Waals surface area (Å²) in [5.74, 6) is 1.00. The fourth-order valence-electron chi connectivity index (χ4n) is 8.37. The van der Waals surface area contributed by atoms with Gasteiger partial charge in [-0.15, -0.1) is 0 Å². The molecule has 0 aliphatic carbocycles. The van der Waals surface area contributed by atoms with Gasteiger partial charge in [-0.2, -0.15) is 0 Å². The van der Waals surface area contributed by atoms with E-state index in [0.717, 1.165) is 64.9 Å². The van der Waals surface area contributed by atoms with Crippen molar-refractivity contribution in [1.29, 1.82) is 0 Å². The number of nitrogens with one attached hydrogen (secondary N) is 4. The molecule has 0 radical (unpaired) electrons. The summed E-state index contributed by atoms with van der Waals surface area (Å²) in [6, 6.07) is 24.4. The summed E-state index contributed by atoms with van der Waals surface area (Å²) in [5, 5.41) is 5.31. The van der Waals surface area contributed by atoms with E-state index in [4.69, 9.17) is 9.72 Å². The fraction of sp³-hybridized carbons (Fsp3) is 0.326. The van der Waals surface area contributed by atoms with E-state index in [1.165, 1.54) is 14.2 Å². The molecule has 16 heteroatoms. The first kappa shape index (κ1) is 41.5. The first-order chi connectivity index (χ1) is 30.2. The summed E-state index contributed by atoms with van der Waals surface area (Å²) in [5.41, 5.74) is 7.51. The molecule has 8 rings (SSSR count). The SMILES string of the molecule is COC(=O)N[C@@H](C)C(=O)N1CCC[C@H]1c1ncc(-c2ccc(-c3ccc(-c4cnc([C@@H]5CCCN5C(=O)[C@H](Cc5cn(Cc6ccccc6)cn5)NC(=O)OC)[nH]4)cc3)cc2)[nH]1. The molecule has 6 aromatic rings. The minimum absolute atomic E-state index is 0.178. The quantitative estimate of drug-likeness (QED) is 0.102. The maximum Gasteiger partial charge on any atom is 0.407 e. The van der Waals surface area contributed by atoms with Crippen LogP contribution >= 0.6 is 0 Å². The molecule has 4 amide bonds. The topological polar surface area (TPSA) is 192 Å². The van der Waals surface area contributed by atoms with E-state index in [2.05, 4.69) is 59.6 Å². The van der Waals surface area contributed by atoms with Crippen molar-refractivity contribution in [2.24, 2.45) is 0 Å². The Balaban J connectivity index is 0.903. The van der Waals surface area contributed by atoms with Gasteiger partial charge in [0.2, 0.25) is 11.8 Å². The Morgan fingerprint density at radius 3 is 1.76 bits per heavy atom. The second-order valence-electron chi connectivity index (χ2n) is 15.7. The van der Waals surface area contributed by atoms with Crippen molar-refractivity contribution in [3.8, 4) is 33.6 Å². The van der Waals surface area contributed by atoms with Gasteiger partial charge in [-0.25, -0.2) is 24.5 Å². The number of carbonyl (C=O) groups excluding carboxylic acids is 4. The maximum atomic E-state index is 14.1. The number of benzene rings is 3. The molecular formula is C46H50N10O6. The van der Waals surface area contributed by atoms with Crippen LogP contribution in [0.2, 0.25) is 0 Å². The molecule has 62 heavy (non-hydrogen) atoms. The molecule has 5 heterocycles. The van der Waals surface area contributed by atoms with Crippen molar-refractivity contribution in [3.05, 3.63) is 127 Å². The number of nitrogens with zero attached hydrogens (tertiary/aromatic N) is 6. The van der Waals surface area contributed by atoms with Gasteiger partial charge in [-0.05, 0) is 60.4 Å². The summed E-state index contributed by atoms with van der Waals surface area (Å²) in [7, 11) is 2.55. The van der Waals surface area contributed by atoms with E-state index >= 15 is 0 Å². The molecule has 4 N–H and O–H groups in total. The number of H-pyrrole nitrogens is 2. The van der Waals surface area contributed by atoms with Crippen LogP contribution in [0.3, 0.4) is 0 Å². The Kier molecular flexibility index (Phi) is 12.4. The van der Waals surface area contributed by atoms with Gasteiger partial charge in [0.1, 0.15) is 23.7 Å². The van der Waals surface area contributed by atoms with Crippen LogP contribution in [0.5, 0.6) is 0 Å². The number of carbonyl (C=O) groups is 4. The second kappa shape index (κ2) is 18.6. The number of imidazole rings is 3.